The maximum absolute atomic E-state index is 9.48. The molecule has 2 aromatic rings. The second kappa shape index (κ2) is 3.33. The van der Waals surface area contributed by atoms with Gasteiger partial charge in [-0.05, 0) is 16.9 Å². The first-order chi connectivity index (χ1) is 6.68. The zero-order valence-electron chi connectivity index (χ0n) is 7.38. The Hall–Kier alpha value is -1.52. The van der Waals surface area contributed by atoms with Crippen molar-refractivity contribution >= 4 is 23.4 Å². The molecule has 0 fully saturated rings. The van der Waals surface area contributed by atoms with Gasteiger partial charge in [-0.3, -0.25) is 0 Å². The minimum absolute atomic E-state index is 0.196. The van der Waals surface area contributed by atoms with E-state index < -0.39 is 7.12 Å². The molecule has 2 aromatic carbocycles. The van der Waals surface area contributed by atoms with Gasteiger partial charge in [0, 0.05) is 5.39 Å². The maximum atomic E-state index is 9.48. The Labute approximate surface area is 81.4 Å². The quantitative estimate of drug-likeness (QED) is 0.561. The molecule has 0 spiro atoms. The smallest absolute Gasteiger partial charge is 0.488 e. The lowest BCUT2D eigenvalue weighted by Gasteiger charge is -2.03. The first-order valence-corrected chi connectivity index (χ1v) is 4.26. The van der Waals surface area contributed by atoms with Crippen molar-refractivity contribution in [2.45, 2.75) is 0 Å². The molecule has 0 amide bonds. The van der Waals surface area contributed by atoms with Crippen LogP contribution in [0.1, 0.15) is 0 Å². The van der Waals surface area contributed by atoms with Crippen LogP contribution >= 0.6 is 0 Å². The largest absolute Gasteiger partial charge is 0.507 e. The maximum Gasteiger partial charge on any atom is 0.488 e. The van der Waals surface area contributed by atoms with Gasteiger partial charge >= 0.3 is 7.12 Å². The van der Waals surface area contributed by atoms with Gasteiger partial charge in [0.1, 0.15) is 5.75 Å². The molecule has 0 atom stereocenters. The molecule has 0 aliphatic carbocycles. The molecule has 0 bridgehead atoms. The fourth-order valence-corrected chi connectivity index (χ4v) is 1.45. The van der Waals surface area contributed by atoms with Crippen LogP contribution in [0.25, 0.3) is 10.8 Å². The Morgan fingerprint density at radius 1 is 1.00 bits per heavy atom. The average molecular weight is 188 g/mol. The SMILES string of the molecule is OB(O)c1ccc2c(O)cccc2c1. The summed E-state index contributed by atoms with van der Waals surface area (Å²) in [5.74, 6) is 0.196. The minimum Gasteiger partial charge on any atom is -0.507 e. The summed E-state index contributed by atoms with van der Waals surface area (Å²) >= 11 is 0. The van der Waals surface area contributed by atoms with Gasteiger partial charge in [-0.25, -0.2) is 0 Å². The van der Waals surface area contributed by atoms with E-state index in [0.717, 1.165) is 5.39 Å². The molecular formula is C10H9BO3. The molecule has 3 N–H and O–H groups in total. The number of fused-ring (bicyclic) bond motifs is 1. The van der Waals surface area contributed by atoms with Crippen molar-refractivity contribution < 1.29 is 15.2 Å². The third-order valence-corrected chi connectivity index (χ3v) is 2.18. The summed E-state index contributed by atoms with van der Waals surface area (Å²) in [6.07, 6.45) is 0. The van der Waals surface area contributed by atoms with Crippen molar-refractivity contribution in [3.63, 3.8) is 0 Å². The fraction of sp³-hybridized carbons (Fsp3) is 0. The van der Waals surface area contributed by atoms with Crippen LogP contribution in [0.4, 0.5) is 0 Å². The van der Waals surface area contributed by atoms with E-state index in [4.69, 9.17) is 10.0 Å². The standard InChI is InChI=1S/C10H9BO3/c12-10-3-1-2-7-6-8(11(13)14)4-5-9(7)10/h1-6,12-14H. The Kier molecular flexibility index (Phi) is 2.15. The highest BCUT2D eigenvalue weighted by molar-refractivity contribution is 6.58. The van der Waals surface area contributed by atoms with E-state index in [0.29, 0.717) is 10.8 Å². The molecule has 2 rings (SSSR count). The van der Waals surface area contributed by atoms with E-state index in [9.17, 15) is 5.11 Å². The summed E-state index contributed by atoms with van der Waals surface area (Å²) in [4.78, 5) is 0. The van der Waals surface area contributed by atoms with Crippen LogP contribution in [0, 0.1) is 0 Å². The average Bonchev–Trinajstić information content (AvgIpc) is 2.17. The second-order valence-corrected chi connectivity index (χ2v) is 3.13. The highest BCUT2D eigenvalue weighted by Gasteiger charge is 2.11. The van der Waals surface area contributed by atoms with E-state index in [1.54, 1.807) is 36.4 Å². The predicted molar refractivity (Wildman–Crippen MR) is 55.4 cm³/mol. The van der Waals surface area contributed by atoms with E-state index in [1.807, 2.05) is 0 Å². The first kappa shape index (κ1) is 9.06. The number of phenols is 1. The van der Waals surface area contributed by atoms with Crippen molar-refractivity contribution in [3.05, 3.63) is 36.4 Å². The molecule has 0 unspecified atom stereocenters. The molecular weight excluding hydrogens is 179 g/mol. The molecule has 4 heteroatoms. The number of benzene rings is 2. The van der Waals surface area contributed by atoms with E-state index in [2.05, 4.69) is 0 Å². The Balaban J connectivity index is 2.67. The number of aromatic hydroxyl groups is 1. The lowest BCUT2D eigenvalue weighted by molar-refractivity contribution is 0.426. The Bertz CT molecular complexity index is 468. The van der Waals surface area contributed by atoms with E-state index >= 15 is 0 Å². The van der Waals surface area contributed by atoms with Crippen LogP contribution < -0.4 is 5.46 Å². The molecule has 70 valence electrons. The van der Waals surface area contributed by atoms with E-state index in [1.165, 1.54) is 0 Å². The van der Waals surface area contributed by atoms with Crippen molar-refractivity contribution in [2.24, 2.45) is 0 Å². The number of hydrogen-bond donors (Lipinski definition) is 3. The monoisotopic (exact) mass is 188 g/mol. The molecule has 0 radical (unpaired) electrons. The predicted octanol–water partition coefficient (Wildman–Crippen LogP) is 0.225. The zero-order valence-corrected chi connectivity index (χ0v) is 7.38. The first-order valence-electron chi connectivity index (χ1n) is 4.26. The summed E-state index contributed by atoms with van der Waals surface area (Å²) in [5, 5.41) is 28.9. The number of hydrogen-bond acceptors (Lipinski definition) is 3. The molecule has 0 heterocycles. The van der Waals surface area contributed by atoms with Crippen molar-refractivity contribution in [1.82, 2.24) is 0 Å². The van der Waals surface area contributed by atoms with Crippen LogP contribution in [-0.4, -0.2) is 22.3 Å². The van der Waals surface area contributed by atoms with Crippen molar-refractivity contribution in [1.29, 1.82) is 0 Å². The zero-order chi connectivity index (χ0) is 10.1. The molecule has 3 nitrogen and oxygen atoms in total. The van der Waals surface area contributed by atoms with Crippen molar-refractivity contribution in [2.75, 3.05) is 0 Å². The molecule has 0 aromatic heterocycles. The van der Waals surface area contributed by atoms with Crippen LogP contribution in [0.5, 0.6) is 5.75 Å². The minimum atomic E-state index is -1.47. The third kappa shape index (κ3) is 1.45. The molecule has 0 aliphatic heterocycles. The highest BCUT2D eigenvalue weighted by Crippen LogP contribution is 2.22. The van der Waals surface area contributed by atoms with Gasteiger partial charge < -0.3 is 15.2 Å². The molecule has 14 heavy (non-hydrogen) atoms. The third-order valence-electron chi connectivity index (χ3n) is 2.18. The highest BCUT2D eigenvalue weighted by atomic mass is 16.4. The van der Waals surface area contributed by atoms with Crippen LogP contribution in [0.15, 0.2) is 36.4 Å². The summed E-state index contributed by atoms with van der Waals surface area (Å²) in [7, 11) is -1.47. The molecule has 0 aliphatic rings. The summed E-state index contributed by atoms with van der Waals surface area (Å²) < 4.78 is 0. The number of rotatable bonds is 1. The van der Waals surface area contributed by atoms with Gasteiger partial charge in [0.25, 0.3) is 0 Å². The molecule has 0 saturated carbocycles. The van der Waals surface area contributed by atoms with Gasteiger partial charge in [-0.15, -0.1) is 0 Å². The van der Waals surface area contributed by atoms with Crippen LogP contribution in [0.2, 0.25) is 0 Å². The fourth-order valence-electron chi connectivity index (χ4n) is 1.45. The summed E-state index contributed by atoms with van der Waals surface area (Å²) in [6, 6.07) is 10.00. The second-order valence-electron chi connectivity index (χ2n) is 3.13. The summed E-state index contributed by atoms with van der Waals surface area (Å²) in [5.41, 5.74) is 0.420. The Morgan fingerprint density at radius 3 is 2.50 bits per heavy atom. The number of phenolic OH excluding ortho intramolecular Hbond substituents is 1. The Morgan fingerprint density at radius 2 is 1.79 bits per heavy atom. The van der Waals surface area contributed by atoms with E-state index in [-0.39, 0.29) is 5.75 Å². The van der Waals surface area contributed by atoms with Gasteiger partial charge in [0.05, 0.1) is 0 Å². The normalized spacial score (nSPS) is 10.4. The van der Waals surface area contributed by atoms with Gasteiger partial charge in [-0.2, -0.15) is 0 Å². The molecule has 0 saturated heterocycles. The van der Waals surface area contributed by atoms with Gasteiger partial charge in [0.15, 0.2) is 0 Å². The van der Waals surface area contributed by atoms with Crippen molar-refractivity contribution in [3.8, 4) is 5.75 Å². The lowest BCUT2D eigenvalue weighted by atomic mass is 9.79. The topological polar surface area (TPSA) is 60.7 Å². The van der Waals surface area contributed by atoms with Gasteiger partial charge in [0.2, 0.25) is 0 Å². The lowest BCUT2D eigenvalue weighted by Crippen LogP contribution is -2.29. The summed E-state index contributed by atoms with van der Waals surface area (Å²) in [6.45, 7) is 0. The van der Waals surface area contributed by atoms with Gasteiger partial charge in [-0.1, -0.05) is 30.3 Å². The van der Waals surface area contributed by atoms with Crippen LogP contribution in [-0.2, 0) is 0 Å². The van der Waals surface area contributed by atoms with Crippen LogP contribution in [0.3, 0.4) is 0 Å².